The Labute approximate surface area is 185 Å². The van der Waals surface area contributed by atoms with Crippen LogP contribution in [0.4, 0.5) is 0 Å². The molecule has 4 amide bonds. The monoisotopic (exact) mass is 428 g/mol. The fourth-order valence-electron chi connectivity index (χ4n) is 7.36. The van der Waals surface area contributed by atoms with Crippen molar-refractivity contribution >= 4 is 23.6 Å². The van der Waals surface area contributed by atoms with Gasteiger partial charge in [-0.2, -0.15) is 0 Å². The summed E-state index contributed by atoms with van der Waals surface area (Å²) in [6.07, 6.45) is 10.3. The van der Waals surface area contributed by atoms with Gasteiger partial charge >= 0.3 is 0 Å². The highest BCUT2D eigenvalue weighted by Crippen LogP contribution is 2.53. The number of amides is 4. The number of likely N-dealkylation sites (tertiary alicyclic amines) is 2. The van der Waals surface area contributed by atoms with Crippen molar-refractivity contribution in [3.8, 4) is 0 Å². The van der Waals surface area contributed by atoms with E-state index in [0.29, 0.717) is 0 Å². The second kappa shape index (κ2) is 6.27. The van der Waals surface area contributed by atoms with Crippen LogP contribution in [0, 0.1) is 47.3 Å². The average molecular weight is 428 g/mol. The maximum atomic E-state index is 12.9. The molecule has 4 bridgehead atoms. The Balaban J connectivity index is 1.05. The molecular weight excluding hydrogens is 404 g/mol. The third-order valence-electron chi connectivity index (χ3n) is 8.83. The summed E-state index contributed by atoms with van der Waals surface area (Å²) in [7, 11) is 0. The molecular formula is C26H24N2O4. The molecule has 7 rings (SSSR count). The summed E-state index contributed by atoms with van der Waals surface area (Å²) in [5.74, 6) is 0.0239. The van der Waals surface area contributed by atoms with Crippen molar-refractivity contribution in [3.05, 3.63) is 59.7 Å². The maximum Gasteiger partial charge on any atom is 0.234 e. The lowest BCUT2D eigenvalue weighted by Gasteiger charge is -2.19. The fourth-order valence-corrected chi connectivity index (χ4v) is 7.36. The topological polar surface area (TPSA) is 74.8 Å². The normalized spacial score (nSPS) is 40.4. The van der Waals surface area contributed by atoms with E-state index in [9.17, 15) is 19.2 Å². The molecule has 2 heterocycles. The molecule has 2 aliphatic heterocycles. The Morgan fingerprint density at radius 1 is 0.531 bits per heavy atom. The number of allylic oxidation sites excluding steroid dienone is 4. The van der Waals surface area contributed by atoms with Crippen LogP contribution in [0.1, 0.15) is 24.0 Å². The second-order valence-electron chi connectivity index (χ2n) is 10.3. The van der Waals surface area contributed by atoms with E-state index in [1.807, 2.05) is 24.3 Å². The molecule has 2 saturated carbocycles. The van der Waals surface area contributed by atoms with Gasteiger partial charge in [-0.1, -0.05) is 48.6 Å². The van der Waals surface area contributed by atoms with E-state index in [2.05, 4.69) is 24.3 Å². The van der Waals surface area contributed by atoms with Crippen molar-refractivity contribution in [3.63, 3.8) is 0 Å². The maximum absolute atomic E-state index is 12.9. The highest BCUT2D eigenvalue weighted by Gasteiger charge is 2.60. The van der Waals surface area contributed by atoms with Gasteiger partial charge in [-0.25, -0.2) is 0 Å². The molecule has 4 fully saturated rings. The first-order valence-electron chi connectivity index (χ1n) is 11.7. The van der Waals surface area contributed by atoms with Crippen LogP contribution in [-0.2, 0) is 32.3 Å². The van der Waals surface area contributed by atoms with Gasteiger partial charge in [0.05, 0.1) is 36.8 Å². The fraction of sp³-hybridized carbons (Fsp3) is 0.462. The van der Waals surface area contributed by atoms with Gasteiger partial charge < -0.3 is 0 Å². The molecule has 4 aliphatic carbocycles. The van der Waals surface area contributed by atoms with Gasteiger partial charge in [-0.05, 0) is 47.6 Å². The van der Waals surface area contributed by atoms with Gasteiger partial charge in [0.1, 0.15) is 0 Å². The highest BCUT2D eigenvalue weighted by molar-refractivity contribution is 6.07. The molecule has 0 N–H and O–H groups in total. The minimum Gasteiger partial charge on any atom is -0.278 e. The number of nitrogens with zero attached hydrogens (tertiary/aromatic N) is 2. The molecule has 32 heavy (non-hydrogen) atoms. The van der Waals surface area contributed by atoms with Gasteiger partial charge in [0.25, 0.3) is 0 Å². The highest BCUT2D eigenvalue weighted by atomic mass is 16.2. The molecule has 6 heteroatoms. The van der Waals surface area contributed by atoms with Crippen molar-refractivity contribution in [2.45, 2.75) is 25.9 Å². The predicted molar refractivity (Wildman–Crippen MR) is 113 cm³/mol. The third-order valence-corrected chi connectivity index (χ3v) is 8.83. The first-order chi connectivity index (χ1) is 15.5. The lowest BCUT2D eigenvalue weighted by atomic mass is 9.85. The number of carbonyl (C=O) groups is 4. The number of benzene rings is 1. The van der Waals surface area contributed by atoms with Crippen LogP contribution in [0.5, 0.6) is 0 Å². The van der Waals surface area contributed by atoms with E-state index >= 15 is 0 Å². The largest absolute Gasteiger partial charge is 0.278 e. The molecule has 0 aromatic heterocycles. The number of fused-ring (bicyclic) bond motifs is 10. The van der Waals surface area contributed by atoms with Crippen molar-refractivity contribution in [1.29, 1.82) is 0 Å². The Kier molecular flexibility index (Phi) is 3.63. The van der Waals surface area contributed by atoms with E-state index < -0.39 is 0 Å². The van der Waals surface area contributed by atoms with Crippen LogP contribution in [0.2, 0.25) is 0 Å². The molecule has 0 radical (unpaired) electrons. The average Bonchev–Trinajstić information content (AvgIpc) is 3.62. The van der Waals surface area contributed by atoms with Crippen molar-refractivity contribution in [1.82, 2.24) is 9.80 Å². The molecule has 0 unspecified atom stereocenters. The predicted octanol–water partition coefficient (Wildman–Crippen LogP) is 2.30. The van der Waals surface area contributed by atoms with Gasteiger partial charge in [0.15, 0.2) is 0 Å². The summed E-state index contributed by atoms with van der Waals surface area (Å²) in [5, 5.41) is 0. The van der Waals surface area contributed by atoms with Gasteiger partial charge in [-0.3, -0.25) is 29.0 Å². The van der Waals surface area contributed by atoms with Crippen LogP contribution < -0.4 is 0 Å². The first-order valence-corrected chi connectivity index (χ1v) is 11.7. The van der Waals surface area contributed by atoms with E-state index in [1.54, 1.807) is 0 Å². The third kappa shape index (κ3) is 2.30. The summed E-state index contributed by atoms with van der Waals surface area (Å²) in [6, 6.07) is 7.59. The standard InChI is InChI=1S/C26H24N2O4/c29-23-19-15-5-6-16(9-15)20(19)24(30)27(23)11-13-1-2-14(4-3-13)12-28-25(31)21-17-7-8-18(10-17)22(21)26(28)32/h1-8,15-22H,9-12H2/t15-,16+,17-,18+,19-,20-,21+,22-/m1/s1. The summed E-state index contributed by atoms with van der Waals surface area (Å²) in [6.45, 7) is 0.566. The van der Waals surface area contributed by atoms with Gasteiger partial charge in [0, 0.05) is 0 Å². The van der Waals surface area contributed by atoms with Crippen molar-refractivity contribution < 1.29 is 19.2 Å². The van der Waals surface area contributed by atoms with Crippen LogP contribution in [0.25, 0.3) is 0 Å². The van der Waals surface area contributed by atoms with E-state index in [-0.39, 0.29) is 84.1 Å². The van der Waals surface area contributed by atoms with Crippen LogP contribution >= 0.6 is 0 Å². The Morgan fingerprint density at radius 2 is 0.812 bits per heavy atom. The number of hydrogen-bond donors (Lipinski definition) is 0. The van der Waals surface area contributed by atoms with Gasteiger partial charge in [0.2, 0.25) is 23.6 Å². The van der Waals surface area contributed by atoms with Crippen LogP contribution in [0.15, 0.2) is 48.6 Å². The van der Waals surface area contributed by atoms with Crippen molar-refractivity contribution in [2.24, 2.45) is 47.3 Å². The lowest BCUT2D eigenvalue weighted by molar-refractivity contribution is -0.143. The molecule has 0 spiro atoms. The van der Waals surface area contributed by atoms with Crippen LogP contribution in [0.3, 0.4) is 0 Å². The molecule has 6 nitrogen and oxygen atoms in total. The lowest BCUT2D eigenvalue weighted by Crippen LogP contribution is -2.33. The Morgan fingerprint density at radius 3 is 1.09 bits per heavy atom. The summed E-state index contributed by atoms with van der Waals surface area (Å²) in [5.41, 5.74) is 1.77. The van der Waals surface area contributed by atoms with Gasteiger partial charge in [-0.15, -0.1) is 0 Å². The quantitative estimate of drug-likeness (QED) is 0.545. The number of carbonyl (C=O) groups excluding carboxylic acids is 4. The van der Waals surface area contributed by atoms with E-state index in [1.165, 1.54) is 9.80 Å². The number of imide groups is 2. The van der Waals surface area contributed by atoms with Crippen molar-refractivity contribution in [2.75, 3.05) is 0 Å². The molecule has 8 atom stereocenters. The molecule has 6 aliphatic rings. The molecule has 162 valence electrons. The van der Waals surface area contributed by atoms with Crippen LogP contribution in [-0.4, -0.2) is 33.4 Å². The molecule has 1 aromatic rings. The van der Waals surface area contributed by atoms with E-state index in [0.717, 1.165) is 24.0 Å². The second-order valence-corrected chi connectivity index (χ2v) is 10.3. The Hall–Kier alpha value is -3.02. The Bertz CT molecular complexity index is 986. The molecule has 2 saturated heterocycles. The number of rotatable bonds is 4. The zero-order chi connectivity index (χ0) is 21.7. The number of hydrogen-bond acceptors (Lipinski definition) is 4. The smallest absolute Gasteiger partial charge is 0.234 e. The zero-order valence-corrected chi connectivity index (χ0v) is 17.6. The summed E-state index contributed by atoms with van der Waals surface area (Å²) >= 11 is 0. The minimum absolute atomic E-state index is 0.0380. The molecule has 1 aromatic carbocycles. The minimum atomic E-state index is -0.173. The van der Waals surface area contributed by atoms with E-state index in [4.69, 9.17) is 0 Å². The summed E-state index contributed by atoms with van der Waals surface area (Å²) in [4.78, 5) is 54.4. The SMILES string of the molecule is O=C1[C@@H]2[C@H](C(=O)N1Cc1ccc(CN3C(=O)[C@H]4[C@H](C3=O)[C@H]3C=C[C@@H]4C3)cc1)[C@H]1C=C[C@@H]2C1. The first kappa shape index (κ1) is 18.5. The summed E-state index contributed by atoms with van der Waals surface area (Å²) < 4.78 is 0. The zero-order valence-electron chi connectivity index (χ0n) is 17.6.